The Labute approximate surface area is 144 Å². The van der Waals surface area contributed by atoms with E-state index in [9.17, 15) is 4.79 Å². The molecule has 1 aromatic carbocycles. The van der Waals surface area contributed by atoms with Crippen LogP contribution in [0.3, 0.4) is 0 Å². The van der Waals surface area contributed by atoms with E-state index < -0.39 is 0 Å². The Morgan fingerprint density at radius 1 is 1.36 bits per heavy atom. The zero-order valence-electron chi connectivity index (χ0n) is 13.5. The second-order valence-electron chi connectivity index (χ2n) is 6.25. The van der Waals surface area contributed by atoms with E-state index >= 15 is 0 Å². The molecule has 1 fully saturated rings. The van der Waals surface area contributed by atoms with Gasteiger partial charge in [0.05, 0.1) is 6.04 Å². The van der Waals surface area contributed by atoms with Gasteiger partial charge in [-0.3, -0.25) is 4.79 Å². The van der Waals surface area contributed by atoms with Crippen molar-refractivity contribution >= 4 is 29.9 Å². The zero-order chi connectivity index (χ0) is 15.4. The highest BCUT2D eigenvalue weighted by molar-refractivity contribution is 6.31. The number of carbonyl (C=O) groups is 1. The van der Waals surface area contributed by atoms with Crippen LogP contribution in [0, 0.1) is 11.8 Å². The number of benzene rings is 1. The zero-order valence-corrected chi connectivity index (χ0v) is 15.1. The van der Waals surface area contributed by atoms with E-state index in [1.807, 2.05) is 29.2 Å². The van der Waals surface area contributed by atoms with Gasteiger partial charge in [0.1, 0.15) is 0 Å². The summed E-state index contributed by atoms with van der Waals surface area (Å²) < 4.78 is 0. The molecule has 3 nitrogen and oxygen atoms in total. The maximum atomic E-state index is 12.7. The van der Waals surface area contributed by atoms with Crippen molar-refractivity contribution in [2.24, 2.45) is 11.8 Å². The van der Waals surface area contributed by atoms with Crippen LogP contribution in [0.15, 0.2) is 24.3 Å². The summed E-state index contributed by atoms with van der Waals surface area (Å²) in [5.41, 5.74) is 1.04. The molecule has 124 valence electrons. The van der Waals surface area contributed by atoms with Crippen molar-refractivity contribution in [2.75, 3.05) is 19.6 Å². The number of rotatable bonds is 4. The highest BCUT2D eigenvalue weighted by atomic mass is 35.5. The number of amides is 1. The summed E-state index contributed by atoms with van der Waals surface area (Å²) in [7, 11) is 0. The van der Waals surface area contributed by atoms with E-state index in [-0.39, 0.29) is 24.4 Å². The first-order chi connectivity index (χ1) is 10.0. The molecular formula is C17H26Cl2N2O. The molecule has 1 saturated heterocycles. The highest BCUT2D eigenvalue weighted by Crippen LogP contribution is 2.29. The first-order valence-corrected chi connectivity index (χ1v) is 8.13. The molecule has 0 bridgehead atoms. The van der Waals surface area contributed by atoms with E-state index in [1.54, 1.807) is 0 Å². The summed E-state index contributed by atoms with van der Waals surface area (Å²) in [6.45, 7) is 8.85. The number of carbonyl (C=O) groups excluding carboxylic acids is 1. The van der Waals surface area contributed by atoms with Crippen LogP contribution < -0.4 is 5.32 Å². The molecule has 22 heavy (non-hydrogen) atoms. The molecule has 1 amide bonds. The molecule has 0 radical (unpaired) electrons. The van der Waals surface area contributed by atoms with Gasteiger partial charge in [-0.05, 0) is 23.5 Å². The van der Waals surface area contributed by atoms with Crippen molar-refractivity contribution < 1.29 is 4.79 Å². The number of hydrogen-bond acceptors (Lipinski definition) is 2. The highest BCUT2D eigenvalue weighted by Gasteiger charge is 2.29. The predicted octanol–water partition coefficient (Wildman–Crippen LogP) is 3.92. The van der Waals surface area contributed by atoms with E-state index in [1.165, 1.54) is 0 Å². The quantitative estimate of drug-likeness (QED) is 0.897. The third-order valence-electron chi connectivity index (χ3n) is 4.46. The second kappa shape index (κ2) is 8.76. The molecule has 0 aromatic heterocycles. The smallest absolute Gasteiger partial charge is 0.223 e. The number of nitrogens with one attached hydrogen (secondary N) is 1. The molecule has 5 heteroatoms. The van der Waals surface area contributed by atoms with Crippen LogP contribution in [-0.2, 0) is 4.79 Å². The van der Waals surface area contributed by atoms with Crippen LogP contribution in [0.25, 0.3) is 0 Å². The summed E-state index contributed by atoms with van der Waals surface area (Å²) in [5, 5.41) is 4.11. The molecule has 1 aromatic rings. The molecule has 1 N–H and O–H groups in total. The Morgan fingerprint density at radius 3 is 2.68 bits per heavy atom. The van der Waals surface area contributed by atoms with E-state index in [0.717, 1.165) is 30.2 Å². The van der Waals surface area contributed by atoms with Gasteiger partial charge in [-0.2, -0.15) is 0 Å². The van der Waals surface area contributed by atoms with Gasteiger partial charge in [0, 0.05) is 31.1 Å². The lowest BCUT2D eigenvalue weighted by Crippen LogP contribution is -2.49. The van der Waals surface area contributed by atoms with Crippen LogP contribution in [-0.4, -0.2) is 30.4 Å². The fourth-order valence-corrected chi connectivity index (χ4v) is 2.92. The van der Waals surface area contributed by atoms with Gasteiger partial charge in [0.2, 0.25) is 5.91 Å². The topological polar surface area (TPSA) is 32.3 Å². The van der Waals surface area contributed by atoms with Crippen molar-refractivity contribution in [1.82, 2.24) is 10.2 Å². The molecule has 0 spiro atoms. The lowest BCUT2D eigenvalue weighted by molar-refractivity contribution is -0.135. The molecule has 2 atom stereocenters. The fraction of sp³-hybridized carbons (Fsp3) is 0.588. The van der Waals surface area contributed by atoms with Gasteiger partial charge < -0.3 is 10.2 Å². The average molecular weight is 345 g/mol. The lowest BCUT2D eigenvalue weighted by Gasteiger charge is -2.37. The molecule has 2 rings (SSSR count). The minimum atomic E-state index is 0. The molecule has 0 saturated carbocycles. The largest absolute Gasteiger partial charge is 0.333 e. The third-order valence-corrected chi connectivity index (χ3v) is 4.81. The van der Waals surface area contributed by atoms with E-state index in [4.69, 9.17) is 11.6 Å². The molecule has 1 heterocycles. The van der Waals surface area contributed by atoms with E-state index in [0.29, 0.717) is 18.3 Å². The Balaban J connectivity index is 0.00000242. The van der Waals surface area contributed by atoms with Crippen molar-refractivity contribution in [3.8, 4) is 0 Å². The Morgan fingerprint density at radius 2 is 2.05 bits per heavy atom. The SMILES string of the molecule is CC(C)C(C)CC(=O)N1CCNCC1c1ccccc1Cl.Cl. The number of halogens is 2. The van der Waals surface area contributed by atoms with Crippen molar-refractivity contribution in [3.05, 3.63) is 34.9 Å². The van der Waals surface area contributed by atoms with Crippen LogP contribution in [0.2, 0.25) is 5.02 Å². The average Bonchev–Trinajstić information content (AvgIpc) is 2.47. The summed E-state index contributed by atoms with van der Waals surface area (Å²) in [4.78, 5) is 14.7. The summed E-state index contributed by atoms with van der Waals surface area (Å²) in [5.74, 6) is 1.16. The summed E-state index contributed by atoms with van der Waals surface area (Å²) in [6.07, 6.45) is 0.610. The number of piperazine rings is 1. The normalized spacial score (nSPS) is 19.7. The van der Waals surface area contributed by atoms with Crippen molar-refractivity contribution in [2.45, 2.75) is 33.2 Å². The van der Waals surface area contributed by atoms with Crippen LogP contribution in [0.5, 0.6) is 0 Å². The van der Waals surface area contributed by atoms with Crippen molar-refractivity contribution in [3.63, 3.8) is 0 Å². The summed E-state index contributed by atoms with van der Waals surface area (Å²) in [6, 6.07) is 7.86. The van der Waals surface area contributed by atoms with E-state index in [2.05, 4.69) is 26.1 Å². The van der Waals surface area contributed by atoms with Gasteiger partial charge in [0.25, 0.3) is 0 Å². The lowest BCUT2D eigenvalue weighted by atomic mass is 9.93. The maximum absolute atomic E-state index is 12.7. The van der Waals surface area contributed by atoms with Gasteiger partial charge in [0.15, 0.2) is 0 Å². The number of hydrogen-bond donors (Lipinski definition) is 1. The van der Waals surface area contributed by atoms with Crippen molar-refractivity contribution in [1.29, 1.82) is 0 Å². The van der Waals surface area contributed by atoms with Gasteiger partial charge in [-0.25, -0.2) is 0 Å². The van der Waals surface area contributed by atoms with Crippen LogP contribution in [0.4, 0.5) is 0 Å². The Kier molecular flexibility index (Phi) is 7.67. The molecule has 2 unspecified atom stereocenters. The predicted molar refractivity (Wildman–Crippen MR) is 94.6 cm³/mol. The molecule has 1 aliphatic rings. The first kappa shape index (κ1) is 19.3. The minimum absolute atomic E-state index is 0. The second-order valence-corrected chi connectivity index (χ2v) is 6.66. The number of nitrogens with zero attached hydrogens (tertiary/aromatic N) is 1. The standard InChI is InChI=1S/C17H25ClN2O.ClH/c1-12(2)13(3)10-17(21)20-9-8-19-11-16(20)14-6-4-5-7-15(14)18;/h4-7,12-13,16,19H,8-11H2,1-3H3;1H. The summed E-state index contributed by atoms with van der Waals surface area (Å²) >= 11 is 6.32. The molecule has 0 aliphatic carbocycles. The van der Waals surface area contributed by atoms with Gasteiger partial charge in [-0.15, -0.1) is 12.4 Å². The first-order valence-electron chi connectivity index (χ1n) is 7.75. The van der Waals surface area contributed by atoms with Gasteiger partial charge in [-0.1, -0.05) is 50.6 Å². The van der Waals surface area contributed by atoms with Gasteiger partial charge >= 0.3 is 0 Å². The molecular weight excluding hydrogens is 319 g/mol. The minimum Gasteiger partial charge on any atom is -0.333 e. The Bertz CT molecular complexity index is 493. The monoisotopic (exact) mass is 344 g/mol. The van der Waals surface area contributed by atoms with Crippen LogP contribution >= 0.6 is 24.0 Å². The fourth-order valence-electron chi connectivity index (χ4n) is 2.65. The molecule has 1 aliphatic heterocycles. The Hall–Kier alpha value is -0.770. The maximum Gasteiger partial charge on any atom is 0.223 e. The third kappa shape index (κ3) is 4.61. The van der Waals surface area contributed by atoms with Crippen LogP contribution in [0.1, 0.15) is 38.8 Å².